The van der Waals surface area contributed by atoms with E-state index < -0.39 is 0 Å². The van der Waals surface area contributed by atoms with E-state index in [0.29, 0.717) is 0 Å². The van der Waals surface area contributed by atoms with Crippen LogP contribution in [0.2, 0.25) is 0 Å². The second-order valence-corrected chi connectivity index (χ2v) is 6.32. The lowest BCUT2D eigenvalue weighted by Crippen LogP contribution is -2.29. The molecule has 0 nitrogen and oxygen atoms in total. The maximum Gasteiger partial charge on any atom is -0.0272 e. The number of hydrogen-bond donors (Lipinski definition) is 0. The first-order valence-corrected chi connectivity index (χ1v) is 7.87. The fraction of sp³-hybridized carbons (Fsp3) is 1.00. The molecule has 94 valence electrons. The Morgan fingerprint density at radius 1 is 0.750 bits per heavy atom. The third kappa shape index (κ3) is 2.81. The van der Waals surface area contributed by atoms with Gasteiger partial charge in [0.05, 0.1) is 0 Å². The Labute approximate surface area is 102 Å². The third-order valence-electron chi connectivity index (χ3n) is 5.52. The highest BCUT2D eigenvalue weighted by atomic mass is 14.4. The van der Waals surface area contributed by atoms with Crippen LogP contribution in [-0.2, 0) is 0 Å². The fourth-order valence-corrected chi connectivity index (χ4v) is 4.37. The molecule has 0 radical (unpaired) electrons. The van der Waals surface area contributed by atoms with E-state index in [1.807, 2.05) is 0 Å². The first-order chi connectivity index (χ1) is 7.87. The summed E-state index contributed by atoms with van der Waals surface area (Å²) in [5.41, 5.74) is 0.765. The maximum atomic E-state index is 2.47. The average Bonchev–Trinajstić information content (AvgIpc) is 2.72. The molecular weight excluding hydrogens is 192 g/mol. The molecule has 0 N–H and O–H groups in total. The molecule has 16 heavy (non-hydrogen) atoms. The summed E-state index contributed by atoms with van der Waals surface area (Å²) in [6, 6.07) is 0. The molecule has 2 aliphatic rings. The van der Waals surface area contributed by atoms with Crippen LogP contribution in [0.3, 0.4) is 0 Å². The smallest absolute Gasteiger partial charge is 0.0272 e. The first-order valence-electron chi connectivity index (χ1n) is 7.87. The van der Waals surface area contributed by atoms with E-state index >= 15 is 0 Å². The highest BCUT2D eigenvalue weighted by molar-refractivity contribution is 4.88. The van der Waals surface area contributed by atoms with Crippen LogP contribution in [-0.4, -0.2) is 0 Å². The monoisotopic (exact) mass is 222 g/mol. The van der Waals surface area contributed by atoms with Gasteiger partial charge in [0.1, 0.15) is 0 Å². The normalized spacial score (nSPS) is 28.3. The molecule has 2 rings (SSSR count). The minimum atomic E-state index is 0.765. The highest BCUT2D eigenvalue weighted by Crippen LogP contribution is 2.48. The van der Waals surface area contributed by atoms with Crippen molar-refractivity contribution in [1.29, 1.82) is 0 Å². The van der Waals surface area contributed by atoms with Gasteiger partial charge in [-0.3, -0.25) is 0 Å². The molecule has 0 bridgehead atoms. The molecule has 0 unspecified atom stereocenters. The average molecular weight is 222 g/mol. The fourth-order valence-electron chi connectivity index (χ4n) is 4.37. The van der Waals surface area contributed by atoms with Crippen LogP contribution in [0.25, 0.3) is 0 Å². The Bertz CT molecular complexity index is 178. The molecule has 2 aliphatic carbocycles. The van der Waals surface area contributed by atoms with E-state index in [4.69, 9.17) is 0 Å². The van der Waals surface area contributed by atoms with Gasteiger partial charge in [0.15, 0.2) is 0 Å². The van der Waals surface area contributed by atoms with Crippen LogP contribution in [0.15, 0.2) is 0 Å². The second-order valence-electron chi connectivity index (χ2n) is 6.32. The van der Waals surface area contributed by atoms with E-state index in [1.54, 1.807) is 25.7 Å². The Morgan fingerprint density at radius 3 is 1.75 bits per heavy atom. The molecule has 0 aliphatic heterocycles. The predicted molar refractivity (Wildman–Crippen MR) is 71.6 cm³/mol. The van der Waals surface area contributed by atoms with Crippen molar-refractivity contribution < 1.29 is 0 Å². The summed E-state index contributed by atoms with van der Waals surface area (Å²) in [6.07, 6.45) is 19.8. The van der Waals surface area contributed by atoms with E-state index in [-0.39, 0.29) is 0 Å². The van der Waals surface area contributed by atoms with E-state index in [9.17, 15) is 0 Å². The molecule has 0 atom stereocenters. The van der Waals surface area contributed by atoms with Crippen LogP contribution in [0.4, 0.5) is 0 Å². The Morgan fingerprint density at radius 2 is 1.25 bits per heavy atom. The molecule has 0 aromatic rings. The first kappa shape index (κ1) is 12.5. The van der Waals surface area contributed by atoms with Gasteiger partial charge in [-0.25, -0.2) is 0 Å². The standard InChI is InChI=1S/C16H30/c1-2-16(13-9-5-6-10-14-16)15-11-7-3-4-8-12-15/h15H,2-14H2,1H3. The zero-order chi connectivity index (χ0) is 11.3. The Hall–Kier alpha value is 0. The van der Waals surface area contributed by atoms with E-state index in [1.165, 1.54) is 57.8 Å². The van der Waals surface area contributed by atoms with Gasteiger partial charge in [-0.05, 0) is 37.0 Å². The minimum absolute atomic E-state index is 0.765. The summed E-state index contributed by atoms with van der Waals surface area (Å²) < 4.78 is 0. The largest absolute Gasteiger partial charge is 0.0648 e. The number of rotatable bonds is 2. The second kappa shape index (κ2) is 6.07. The molecule has 0 aromatic heterocycles. The lowest BCUT2D eigenvalue weighted by Gasteiger charge is -2.40. The molecule has 0 heteroatoms. The topological polar surface area (TPSA) is 0 Å². The van der Waals surface area contributed by atoms with Crippen LogP contribution in [0.5, 0.6) is 0 Å². The zero-order valence-electron chi connectivity index (χ0n) is 11.3. The van der Waals surface area contributed by atoms with E-state index in [0.717, 1.165) is 11.3 Å². The Balaban J connectivity index is 2.04. The van der Waals surface area contributed by atoms with Crippen molar-refractivity contribution >= 4 is 0 Å². The lowest BCUT2D eigenvalue weighted by atomic mass is 9.65. The molecule has 2 fully saturated rings. The van der Waals surface area contributed by atoms with Crippen molar-refractivity contribution in [3.05, 3.63) is 0 Å². The summed E-state index contributed by atoms with van der Waals surface area (Å²) in [7, 11) is 0. The zero-order valence-corrected chi connectivity index (χ0v) is 11.3. The summed E-state index contributed by atoms with van der Waals surface area (Å²) in [6.45, 7) is 2.47. The molecule has 0 spiro atoms. The molecule has 0 amide bonds. The van der Waals surface area contributed by atoms with Crippen molar-refractivity contribution in [2.75, 3.05) is 0 Å². The van der Waals surface area contributed by atoms with Crippen LogP contribution < -0.4 is 0 Å². The lowest BCUT2D eigenvalue weighted by molar-refractivity contribution is 0.109. The van der Waals surface area contributed by atoms with Gasteiger partial charge in [-0.2, -0.15) is 0 Å². The van der Waals surface area contributed by atoms with Crippen LogP contribution in [0.1, 0.15) is 90.4 Å². The van der Waals surface area contributed by atoms with Gasteiger partial charge in [0.2, 0.25) is 0 Å². The van der Waals surface area contributed by atoms with Gasteiger partial charge >= 0.3 is 0 Å². The van der Waals surface area contributed by atoms with Gasteiger partial charge in [-0.1, -0.05) is 64.7 Å². The SMILES string of the molecule is CCC1(C2CCCCCC2)CCCCCC1. The van der Waals surface area contributed by atoms with Crippen LogP contribution >= 0.6 is 0 Å². The van der Waals surface area contributed by atoms with Crippen molar-refractivity contribution in [3.8, 4) is 0 Å². The van der Waals surface area contributed by atoms with Crippen LogP contribution in [0, 0.1) is 11.3 Å². The van der Waals surface area contributed by atoms with Gasteiger partial charge < -0.3 is 0 Å². The van der Waals surface area contributed by atoms with Crippen molar-refractivity contribution in [3.63, 3.8) is 0 Å². The summed E-state index contributed by atoms with van der Waals surface area (Å²) in [5.74, 6) is 1.08. The maximum absolute atomic E-state index is 2.47. The Kier molecular flexibility index (Phi) is 4.73. The van der Waals surface area contributed by atoms with Crippen molar-refractivity contribution in [2.45, 2.75) is 90.4 Å². The molecule has 0 aromatic carbocycles. The third-order valence-corrected chi connectivity index (χ3v) is 5.52. The molecule has 0 saturated heterocycles. The van der Waals surface area contributed by atoms with Gasteiger partial charge in [-0.15, -0.1) is 0 Å². The summed E-state index contributed by atoms with van der Waals surface area (Å²) in [4.78, 5) is 0. The van der Waals surface area contributed by atoms with Gasteiger partial charge in [0.25, 0.3) is 0 Å². The molecule has 2 saturated carbocycles. The summed E-state index contributed by atoms with van der Waals surface area (Å²) >= 11 is 0. The van der Waals surface area contributed by atoms with E-state index in [2.05, 4.69) is 6.92 Å². The minimum Gasteiger partial charge on any atom is -0.0648 e. The quantitative estimate of drug-likeness (QED) is 0.525. The number of hydrogen-bond acceptors (Lipinski definition) is 0. The summed E-state index contributed by atoms with van der Waals surface area (Å²) in [5, 5.41) is 0. The van der Waals surface area contributed by atoms with Gasteiger partial charge in [0, 0.05) is 0 Å². The molecular formula is C16H30. The van der Waals surface area contributed by atoms with Crippen molar-refractivity contribution in [1.82, 2.24) is 0 Å². The highest BCUT2D eigenvalue weighted by Gasteiger charge is 2.36. The predicted octanol–water partition coefficient (Wildman–Crippen LogP) is 5.71. The van der Waals surface area contributed by atoms with Crippen molar-refractivity contribution in [2.24, 2.45) is 11.3 Å². The molecule has 0 heterocycles.